The van der Waals surface area contributed by atoms with Crippen LogP contribution >= 0.6 is 0 Å². The van der Waals surface area contributed by atoms with Gasteiger partial charge < -0.3 is 9.47 Å². The number of sulfonamides is 1. The highest BCUT2D eigenvalue weighted by molar-refractivity contribution is 7.89. The van der Waals surface area contributed by atoms with Gasteiger partial charge in [-0.05, 0) is 91.6 Å². The minimum absolute atomic E-state index is 0.0357. The smallest absolute Gasteiger partial charge is 0.243 e. The number of benzene rings is 3. The molecule has 0 amide bonds. The Bertz CT molecular complexity index is 1470. The van der Waals surface area contributed by atoms with Crippen LogP contribution in [0.15, 0.2) is 65.6 Å². The second-order valence-electron chi connectivity index (χ2n) is 10.5. The lowest BCUT2D eigenvalue weighted by atomic mass is 9.87. The first-order valence-corrected chi connectivity index (χ1v) is 14.4. The molecule has 3 aliphatic rings. The number of carbonyl (C=O) groups is 1. The maximum absolute atomic E-state index is 13.5. The summed E-state index contributed by atoms with van der Waals surface area (Å²) in [4.78, 5) is 13.8. The summed E-state index contributed by atoms with van der Waals surface area (Å²) in [5.74, 6) is 1.64. The highest BCUT2D eigenvalue weighted by atomic mass is 32.2. The van der Waals surface area contributed by atoms with E-state index in [0.29, 0.717) is 23.6 Å². The normalized spacial score (nSPS) is 20.2. The molecule has 7 heteroatoms. The van der Waals surface area contributed by atoms with E-state index in [1.807, 2.05) is 56.3 Å². The summed E-state index contributed by atoms with van der Waals surface area (Å²) < 4.78 is 38.7. The van der Waals surface area contributed by atoms with Gasteiger partial charge in [0, 0.05) is 19.0 Å². The van der Waals surface area contributed by atoms with E-state index in [0.717, 1.165) is 59.3 Å². The van der Waals surface area contributed by atoms with Crippen molar-refractivity contribution in [3.05, 3.63) is 77.4 Å². The molecule has 3 aromatic carbocycles. The molecule has 6 rings (SSSR count). The van der Waals surface area contributed by atoms with Crippen LogP contribution in [0.5, 0.6) is 11.5 Å². The molecule has 0 spiro atoms. The number of hydrogen-bond acceptors (Lipinski definition) is 5. The summed E-state index contributed by atoms with van der Waals surface area (Å²) in [7, 11) is -3.49. The first kappa shape index (κ1) is 24.2. The first-order valence-electron chi connectivity index (χ1n) is 12.9. The Kier molecular flexibility index (Phi) is 5.88. The van der Waals surface area contributed by atoms with Crippen molar-refractivity contribution in [3.8, 4) is 22.6 Å². The molecule has 0 radical (unpaired) electrons. The molecule has 1 saturated carbocycles. The van der Waals surface area contributed by atoms with E-state index in [1.54, 1.807) is 16.4 Å². The van der Waals surface area contributed by atoms with Gasteiger partial charge in [-0.25, -0.2) is 8.42 Å². The third-order valence-electron chi connectivity index (χ3n) is 8.14. The third kappa shape index (κ3) is 4.24. The minimum Gasteiger partial charge on any atom is -0.454 e. The standard InChI is InChI=1S/C30H31NO5S/c1-20-5-6-22(17-29(32)30(13-14-30)24-9-12-27-28(18-24)36-19-35-27)16-26(20)23-7-10-25(11-8-23)37(33,34)31-15-3-4-21(31)2/h5-12,16,18,21H,3-4,13-15,17,19H2,1-2H3. The second-order valence-corrected chi connectivity index (χ2v) is 12.4. The van der Waals surface area contributed by atoms with Crippen LogP contribution in [0.1, 0.15) is 49.3 Å². The predicted octanol–water partition coefficient (Wildman–Crippen LogP) is 5.41. The Balaban J connectivity index is 1.22. The zero-order chi connectivity index (χ0) is 25.8. The van der Waals surface area contributed by atoms with E-state index >= 15 is 0 Å². The van der Waals surface area contributed by atoms with Crippen LogP contribution in [-0.2, 0) is 26.7 Å². The fourth-order valence-electron chi connectivity index (χ4n) is 5.70. The molecule has 192 valence electrons. The number of ketones is 1. The van der Waals surface area contributed by atoms with Crippen LogP contribution in [0.2, 0.25) is 0 Å². The van der Waals surface area contributed by atoms with Gasteiger partial charge in [0.15, 0.2) is 11.5 Å². The van der Waals surface area contributed by atoms with Gasteiger partial charge in [-0.2, -0.15) is 4.31 Å². The number of aryl methyl sites for hydroxylation is 1. The number of ether oxygens (including phenoxy) is 2. The van der Waals surface area contributed by atoms with Gasteiger partial charge >= 0.3 is 0 Å². The van der Waals surface area contributed by atoms with Crippen molar-refractivity contribution in [1.29, 1.82) is 0 Å². The van der Waals surface area contributed by atoms with Gasteiger partial charge in [-0.1, -0.05) is 36.4 Å². The molecular formula is C30H31NO5S. The second kappa shape index (κ2) is 8.99. The Labute approximate surface area is 218 Å². The molecule has 1 aliphatic carbocycles. The van der Waals surface area contributed by atoms with Crippen molar-refractivity contribution in [2.75, 3.05) is 13.3 Å². The predicted molar refractivity (Wildman–Crippen MR) is 141 cm³/mol. The van der Waals surface area contributed by atoms with Crippen LogP contribution in [0.4, 0.5) is 0 Å². The SMILES string of the molecule is Cc1ccc(CC(=O)C2(c3ccc4c(c3)OCO4)CC2)cc1-c1ccc(S(=O)(=O)N2CCCC2C)cc1. The highest BCUT2D eigenvalue weighted by Crippen LogP contribution is 2.51. The first-order chi connectivity index (χ1) is 17.8. The van der Waals surface area contributed by atoms with Crippen molar-refractivity contribution < 1.29 is 22.7 Å². The van der Waals surface area contributed by atoms with Crippen molar-refractivity contribution in [2.45, 2.75) is 62.3 Å². The number of carbonyl (C=O) groups excluding carboxylic acids is 1. The third-order valence-corrected chi connectivity index (χ3v) is 10.2. The summed E-state index contributed by atoms with van der Waals surface area (Å²) in [6, 6.07) is 19.1. The molecule has 0 aromatic heterocycles. The van der Waals surface area contributed by atoms with Crippen LogP contribution in [-0.4, -0.2) is 37.9 Å². The van der Waals surface area contributed by atoms with Crippen LogP contribution in [0.3, 0.4) is 0 Å². The highest BCUT2D eigenvalue weighted by Gasteiger charge is 2.50. The average molecular weight is 518 g/mol. The van der Waals surface area contributed by atoms with Crippen molar-refractivity contribution in [1.82, 2.24) is 4.31 Å². The van der Waals surface area contributed by atoms with E-state index in [4.69, 9.17) is 9.47 Å². The van der Waals surface area contributed by atoms with E-state index in [-0.39, 0.29) is 18.6 Å². The Hall–Kier alpha value is -3.16. The molecule has 2 fully saturated rings. The summed E-state index contributed by atoms with van der Waals surface area (Å²) in [6.07, 6.45) is 3.84. The van der Waals surface area contributed by atoms with Gasteiger partial charge in [0.2, 0.25) is 16.8 Å². The van der Waals surface area contributed by atoms with E-state index < -0.39 is 15.4 Å². The Morgan fingerprint density at radius 2 is 1.76 bits per heavy atom. The largest absolute Gasteiger partial charge is 0.454 e. The molecule has 2 heterocycles. The Morgan fingerprint density at radius 3 is 2.46 bits per heavy atom. The molecule has 3 aromatic rings. The van der Waals surface area contributed by atoms with Crippen LogP contribution in [0, 0.1) is 6.92 Å². The lowest BCUT2D eigenvalue weighted by Crippen LogP contribution is -2.33. The molecule has 6 nitrogen and oxygen atoms in total. The van der Waals surface area contributed by atoms with E-state index in [2.05, 4.69) is 6.07 Å². The fraction of sp³-hybridized carbons (Fsp3) is 0.367. The van der Waals surface area contributed by atoms with Gasteiger partial charge in [-0.3, -0.25) is 4.79 Å². The van der Waals surface area contributed by atoms with E-state index in [1.165, 1.54) is 0 Å². The molecular weight excluding hydrogens is 486 g/mol. The molecule has 1 unspecified atom stereocenters. The van der Waals surface area contributed by atoms with Gasteiger partial charge in [-0.15, -0.1) is 0 Å². The summed E-state index contributed by atoms with van der Waals surface area (Å²) >= 11 is 0. The van der Waals surface area contributed by atoms with E-state index in [9.17, 15) is 13.2 Å². The van der Waals surface area contributed by atoms with Crippen LogP contribution in [0.25, 0.3) is 11.1 Å². The number of Topliss-reactive ketones (excluding diaryl/α,β-unsaturated/α-hetero) is 1. The number of nitrogens with zero attached hydrogens (tertiary/aromatic N) is 1. The lowest BCUT2D eigenvalue weighted by Gasteiger charge is -2.21. The van der Waals surface area contributed by atoms with Gasteiger partial charge in [0.1, 0.15) is 5.78 Å². The van der Waals surface area contributed by atoms with Crippen molar-refractivity contribution >= 4 is 15.8 Å². The molecule has 1 saturated heterocycles. The summed E-state index contributed by atoms with van der Waals surface area (Å²) in [6.45, 7) is 4.80. The van der Waals surface area contributed by atoms with Gasteiger partial charge in [0.25, 0.3) is 0 Å². The molecule has 2 aliphatic heterocycles. The zero-order valence-electron chi connectivity index (χ0n) is 21.2. The number of rotatable bonds is 7. The maximum Gasteiger partial charge on any atom is 0.243 e. The average Bonchev–Trinajstić information content (AvgIpc) is 3.37. The van der Waals surface area contributed by atoms with Crippen molar-refractivity contribution in [2.24, 2.45) is 0 Å². The molecule has 0 N–H and O–H groups in total. The maximum atomic E-state index is 13.5. The fourth-order valence-corrected chi connectivity index (χ4v) is 7.40. The summed E-state index contributed by atoms with van der Waals surface area (Å²) in [5.41, 5.74) is 4.54. The monoisotopic (exact) mass is 517 g/mol. The number of hydrogen-bond donors (Lipinski definition) is 0. The van der Waals surface area contributed by atoms with Gasteiger partial charge in [0.05, 0.1) is 10.3 Å². The summed E-state index contributed by atoms with van der Waals surface area (Å²) in [5, 5.41) is 0. The molecule has 1 atom stereocenters. The number of fused-ring (bicyclic) bond motifs is 1. The molecule has 0 bridgehead atoms. The van der Waals surface area contributed by atoms with Crippen molar-refractivity contribution in [3.63, 3.8) is 0 Å². The van der Waals surface area contributed by atoms with Crippen LogP contribution < -0.4 is 9.47 Å². The quantitative estimate of drug-likeness (QED) is 0.419. The minimum atomic E-state index is -3.49. The topological polar surface area (TPSA) is 72.9 Å². The lowest BCUT2D eigenvalue weighted by molar-refractivity contribution is -0.120. The molecule has 37 heavy (non-hydrogen) atoms. The zero-order valence-corrected chi connectivity index (χ0v) is 22.0. The Morgan fingerprint density at radius 1 is 1.00 bits per heavy atom.